The van der Waals surface area contributed by atoms with E-state index >= 15 is 0 Å². The Morgan fingerprint density at radius 2 is 1.68 bits per heavy atom. The number of anilines is 1. The molecule has 0 amide bonds. The second kappa shape index (κ2) is 7.19. The molecule has 1 saturated heterocycles. The molecule has 0 radical (unpaired) electrons. The average molecular weight is 352 g/mol. The van der Waals surface area contributed by atoms with Gasteiger partial charge < -0.3 is 9.64 Å². The van der Waals surface area contributed by atoms with Crippen molar-refractivity contribution in [2.24, 2.45) is 0 Å². The fourth-order valence-corrected chi connectivity index (χ4v) is 3.83. The van der Waals surface area contributed by atoms with Crippen molar-refractivity contribution in [3.63, 3.8) is 0 Å². The third-order valence-corrected chi connectivity index (χ3v) is 5.30. The quantitative estimate of drug-likeness (QED) is 0.719. The third-order valence-electron chi connectivity index (χ3n) is 4.35. The highest BCUT2D eigenvalue weighted by Crippen LogP contribution is 2.25. The van der Waals surface area contributed by atoms with Crippen molar-refractivity contribution in [2.45, 2.75) is 0 Å². The molecule has 3 aromatic rings. The zero-order valence-electron chi connectivity index (χ0n) is 14.1. The monoisotopic (exact) mass is 352 g/mol. The molecule has 128 valence electrons. The Hall–Kier alpha value is -2.47. The fourth-order valence-electron chi connectivity index (χ4n) is 2.93. The van der Waals surface area contributed by atoms with Crippen molar-refractivity contribution in [3.8, 4) is 22.7 Å². The van der Waals surface area contributed by atoms with Gasteiger partial charge in [-0.3, -0.25) is 0 Å². The minimum Gasteiger partial charge on any atom is -0.481 e. The van der Waals surface area contributed by atoms with Crippen LogP contribution in [0, 0.1) is 0 Å². The molecule has 25 heavy (non-hydrogen) atoms. The van der Waals surface area contributed by atoms with E-state index in [4.69, 9.17) is 4.74 Å². The van der Waals surface area contributed by atoms with Gasteiger partial charge in [0.05, 0.1) is 25.2 Å². The number of aromatic nitrogens is 3. The van der Waals surface area contributed by atoms with E-state index in [0.29, 0.717) is 5.88 Å². The minimum absolute atomic E-state index is 0.600. The maximum Gasteiger partial charge on any atom is 0.213 e. The zero-order chi connectivity index (χ0) is 17.1. The number of ether oxygens (including phenoxy) is 1. The lowest BCUT2D eigenvalue weighted by Gasteiger charge is -2.28. The molecule has 0 aliphatic carbocycles. The Bertz CT molecular complexity index is 823. The highest BCUT2D eigenvalue weighted by atomic mass is 32.2. The topological polar surface area (TPSA) is 43.2 Å². The van der Waals surface area contributed by atoms with Crippen LogP contribution in [-0.2, 0) is 0 Å². The first-order valence-corrected chi connectivity index (χ1v) is 9.47. The first kappa shape index (κ1) is 16.0. The average Bonchev–Trinajstić information content (AvgIpc) is 3.19. The number of hydrogen-bond donors (Lipinski definition) is 0. The van der Waals surface area contributed by atoms with Crippen LogP contribution in [0.1, 0.15) is 0 Å². The van der Waals surface area contributed by atoms with E-state index in [2.05, 4.69) is 39.2 Å². The summed E-state index contributed by atoms with van der Waals surface area (Å²) >= 11 is 2.03. The summed E-state index contributed by atoms with van der Waals surface area (Å²) in [6, 6.07) is 12.5. The molecule has 4 rings (SSSR count). The van der Waals surface area contributed by atoms with E-state index < -0.39 is 0 Å². The van der Waals surface area contributed by atoms with Gasteiger partial charge in [-0.25, -0.2) is 9.67 Å². The van der Waals surface area contributed by atoms with Gasteiger partial charge in [-0.2, -0.15) is 16.9 Å². The Morgan fingerprint density at radius 1 is 0.920 bits per heavy atom. The van der Waals surface area contributed by atoms with Gasteiger partial charge in [0, 0.05) is 48.1 Å². The normalized spacial score (nSPS) is 14.5. The van der Waals surface area contributed by atoms with Crippen LogP contribution in [0.3, 0.4) is 0 Å². The lowest BCUT2D eigenvalue weighted by molar-refractivity contribution is 0.397. The van der Waals surface area contributed by atoms with E-state index in [1.54, 1.807) is 13.3 Å². The van der Waals surface area contributed by atoms with Crippen molar-refractivity contribution in [1.82, 2.24) is 14.8 Å². The van der Waals surface area contributed by atoms with E-state index in [1.165, 1.54) is 22.8 Å². The van der Waals surface area contributed by atoms with Crippen LogP contribution >= 0.6 is 11.8 Å². The molecule has 0 spiro atoms. The molecule has 1 aliphatic rings. The molecule has 0 unspecified atom stereocenters. The molecule has 0 bridgehead atoms. The van der Waals surface area contributed by atoms with Crippen molar-refractivity contribution in [1.29, 1.82) is 0 Å². The van der Waals surface area contributed by atoms with Gasteiger partial charge in [-0.05, 0) is 23.8 Å². The fraction of sp³-hybridized carbons (Fsp3) is 0.263. The van der Waals surface area contributed by atoms with E-state index in [1.807, 2.05) is 41.0 Å². The Morgan fingerprint density at radius 3 is 2.36 bits per heavy atom. The van der Waals surface area contributed by atoms with Crippen LogP contribution in [0.4, 0.5) is 5.69 Å². The molecule has 0 atom stereocenters. The number of hydrogen-bond acceptors (Lipinski definition) is 5. The molecular weight excluding hydrogens is 332 g/mol. The van der Waals surface area contributed by atoms with Gasteiger partial charge in [0.15, 0.2) is 0 Å². The zero-order valence-corrected chi connectivity index (χ0v) is 14.9. The Labute approximate surface area is 151 Å². The summed E-state index contributed by atoms with van der Waals surface area (Å²) in [6.45, 7) is 2.26. The smallest absolute Gasteiger partial charge is 0.213 e. The number of nitrogens with zero attached hydrogens (tertiary/aromatic N) is 4. The highest BCUT2D eigenvalue weighted by molar-refractivity contribution is 7.99. The summed E-state index contributed by atoms with van der Waals surface area (Å²) in [4.78, 5) is 6.68. The van der Waals surface area contributed by atoms with Crippen LogP contribution in [0.2, 0.25) is 0 Å². The second-order valence-electron chi connectivity index (χ2n) is 5.88. The van der Waals surface area contributed by atoms with Crippen molar-refractivity contribution < 1.29 is 4.74 Å². The summed E-state index contributed by atoms with van der Waals surface area (Å²) in [5.74, 6) is 3.03. The molecular formula is C19H20N4OS. The van der Waals surface area contributed by atoms with Crippen molar-refractivity contribution in [3.05, 3.63) is 55.0 Å². The molecule has 1 fully saturated rings. The van der Waals surface area contributed by atoms with Gasteiger partial charge in [0.25, 0.3) is 0 Å². The van der Waals surface area contributed by atoms with Gasteiger partial charge in [0.1, 0.15) is 0 Å². The SMILES string of the molecule is COc1ccc(-n2cc(-c3ccc(N4CCSCC4)cc3)cn2)cn1. The van der Waals surface area contributed by atoms with Crippen LogP contribution in [0.5, 0.6) is 5.88 Å². The maximum atomic E-state index is 5.09. The van der Waals surface area contributed by atoms with Crippen LogP contribution in [0.15, 0.2) is 55.0 Å². The van der Waals surface area contributed by atoms with Gasteiger partial charge in [-0.15, -0.1) is 0 Å². The molecule has 1 aromatic carbocycles. The first-order chi connectivity index (χ1) is 12.3. The number of thioether (sulfide) groups is 1. The summed E-state index contributed by atoms with van der Waals surface area (Å²) in [5, 5.41) is 4.45. The van der Waals surface area contributed by atoms with E-state index in [0.717, 1.165) is 24.3 Å². The molecule has 6 heteroatoms. The lowest BCUT2D eigenvalue weighted by atomic mass is 10.1. The number of rotatable bonds is 4. The maximum absolute atomic E-state index is 5.09. The van der Waals surface area contributed by atoms with Crippen LogP contribution in [0.25, 0.3) is 16.8 Å². The summed E-state index contributed by atoms with van der Waals surface area (Å²) in [6.07, 6.45) is 5.67. The molecule has 1 aliphatic heterocycles. The molecule has 5 nitrogen and oxygen atoms in total. The number of pyridine rings is 1. The van der Waals surface area contributed by atoms with E-state index in [9.17, 15) is 0 Å². The van der Waals surface area contributed by atoms with Crippen molar-refractivity contribution >= 4 is 17.4 Å². The predicted molar refractivity (Wildman–Crippen MR) is 103 cm³/mol. The van der Waals surface area contributed by atoms with Gasteiger partial charge in [-0.1, -0.05) is 12.1 Å². The third kappa shape index (κ3) is 3.49. The number of benzene rings is 1. The summed E-state index contributed by atoms with van der Waals surface area (Å²) in [5.41, 5.74) is 4.48. The molecule has 0 saturated carbocycles. The minimum atomic E-state index is 0.600. The van der Waals surface area contributed by atoms with E-state index in [-0.39, 0.29) is 0 Å². The Balaban J connectivity index is 1.53. The summed E-state index contributed by atoms with van der Waals surface area (Å²) in [7, 11) is 1.61. The Kier molecular flexibility index (Phi) is 4.61. The molecule has 0 N–H and O–H groups in total. The van der Waals surface area contributed by atoms with Crippen molar-refractivity contribution in [2.75, 3.05) is 36.6 Å². The van der Waals surface area contributed by atoms with Crippen LogP contribution < -0.4 is 9.64 Å². The van der Waals surface area contributed by atoms with Crippen LogP contribution in [-0.4, -0.2) is 46.5 Å². The number of methoxy groups -OCH3 is 1. The molecule has 2 aromatic heterocycles. The van der Waals surface area contributed by atoms with Gasteiger partial charge >= 0.3 is 0 Å². The predicted octanol–water partition coefficient (Wildman–Crippen LogP) is 3.50. The highest BCUT2D eigenvalue weighted by Gasteiger charge is 2.11. The standard InChI is InChI=1S/C19H20N4OS/c1-24-19-7-6-18(13-20-19)23-14-16(12-21-23)15-2-4-17(5-3-15)22-8-10-25-11-9-22/h2-7,12-14H,8-11H2,1H3. The second-order valence-corrected chi connectivity index (χ2v) is 7.10. The van der Waals surface area contributed by atoms with Gasteiger partial charge in [0.2, 0.25) is 5.88 Å². The lowest BCUT2D eigenvalue weighted by Crippen LogP contribution is -2.32. The summed E-state index contributed by atoms with van der Waals surface area (Å²) < 4.78 is 6.93. The largest absolute Gasteiger partial charge is 0.481 e. The molecule has 3 heterocycles. The first-order valence-electron chi connectivity index (χ1n) is 8.32.